The van der Waals surface area contributed by atoms with Crippen LogP contribution in [0, 0.1) is 5.92 Å². The van der Waals surface area contributed by atoms with Crippen molar-refractivity contribution >= 4 is 26.0 Å². The number of esters is 1. The summed E-state index contributed by atoms with van der Waals surface area (Å²) in [6.07, 6.45) is 0. The molecule has 0 saturated carbocycles. The molecule has 1 aromatic carbocycles. The maximum Gasteiger partial charge on any atom is 0.345 e. The topological polar surface area (TPSA) is 35.5 Å². The predicted molar refractivity (Wildman–Crippen MR) is 106 cm³/mol. The van der Waals surface area contributed by atoms with Gasteiger partial charge in [0.2, 0.25) is 0 Å². The number of hydrogen-bond acceptors (Lipinski definition) is 4. The Morgan fingerprint density at radius 3 is 2.25 bits per heavy atom. The third kappa shape index (κ3) is 6.99. The first-order chi connectivity index (χ1) is 11.0. The minimum absolute atomic E-state index is 0.0589. The van der Waals surface area contributed by atoms with E-state index in [1.165, 1.54) is 0 Å². The highest BCUT2D eigenvalue weighted by Crippen LogP contribution is 2.39. The summed E-state index contributed by atoms with van der Waals surface area (Å²) in [5.74, 6) is 1.11. The van der Waals surface area contributed by atoms with E-state index < -0.39 is 13.8 Å². The average Bonchev–Trinajstić information content (AvgIpc) is 2.48. The minimum atomic E-state index is -2.03. The third-order valence-electron chi connectivity index (χ3n) is 4.21. The molecular formula is C19H32O3SSi. The Bertz CT molecular complexity index is 509. The first-order valence-corrected chi connectivity index (χ1v) is 12.5. The third-order valence-corrected chi connectivity index (χ3v) is 10.3. The van der Waals surface area contributed by atoms with Crippen LogP contribution in [-0.4, -0.2) is 25.5 Å². The molecule has 0 aliphatic heterocycles. The number of carbonyl (C=O) groups is 1. The first-order valence-electron chi connectivity index (χ1n) is 8.53. The quantitative estimate of drug-likeness (QED) is 0.346. The van der Waals surface area contributed by atoms with E-state index in [1.807, 2.05) is 30.3 Å². The molecule has 1 unspecified atom stereocenters. The zero-order valence-corrected chi connectivity index (χ0v) is 17.9. The van der Waals surface area contributed by atoms with Crippen LogP contribution in [0.15, 0.2) is 30.3 Å². The van der Waals surface area contributed by atoms with Gasteiger partial charge in [-0.05, 0) is 35.4 Å². The fourth-order valence-electron chi connectivity index (χ4n) is 1.67. The Morgan fingerprint density at radius 1 is 1.17 bits per heavy atom. The molecule has 136 valence electrons. The second kappa shape index (κ2) is 9.06. The summed E-state index contributed by atoms with van der Waals surface area (Å²) < 4.78 is 11.8. The smallest absolute Gasteiger partial charge is 0.345 e. The number of carbonyl (C=O) groups excluding carboxylic acids is 1. The molecule has 0 amide bonds. The average molecular weight is 369 g/mol. The summed E-state index contributed by atoms with van der Waals surface area (Å²) in [5.41, 5.74) is 0.447. The van der Waals surface area contributed by atoms with Gasteiger partial charge in [0, 0.05) is 0 Å². The van der Waals surface area contributed by atoms with Crippen molar-refractivity contribution in [2.45, 2.75) is 64.8 Å². The van der Waals surface area contributed by atoms with Crippen molar-refractivity contribution in [3.8, 4) is 0 Å². The zero-order chi connectivity index (χ0) is 18.4. The van der Waals surface area contributed by atoms with Gasteiger partial charge in [0.15, 0.2) is 13.8 Å². The number of ether oxygens (including phenoxy) is 1. The summed E-state index contributed by atoms with van der Waals surface area (Å²) >= 11 is 1.55. The molecule has 0 spiro atoms. The van der Waals surface area contributed by atoms with E-state index in [0.717, 1.165) is 11.3 Å². The van der Waals surface area contributed by atoms with Crippen LogP contribution in [0.3, 0.4) is 0 Å². The number of hydrogen-bond donors (Lipinski definition) is 0. The van der Waals surface area contributed by atoms with Crippen LogP contribution in [-0.2, 0) is 20.6 Å². The molecule has 3 nitrogen and oxygen atoms in total. The maximum absolute atomic E-state index is 12.6. The molecule has 0 N–H and O–H groups in total. The van der Waals surface area contributed by atoms with Crippen molar-refractivity contribution in [2.75, 3.05) is 5.75 Å². The zero-order valence-electron chi connectivity index (χ0n) is 16.1. The monoisotopic (exact) mass is 368 g/mol. The Balaban J connectivity index is 2.75. The summed E-state index contributed by atoms with van der Waals surface area (Å²) in [6.45, 7) is 15.5. The molecule has 1 atom stereocenters. The van der Waals surface area contributed by atoms with Crippen LogP contribution in [0.25, 0.3) is 0 Å². The number of rotatable bonds is 8. The minimum Gasteiger partial charge on any atom is -0.458 e. The van der Waals surface area contributed by atoms with Crippen molar-refractivity contribution in [3.05, 3.63) is 35.9 Å². The summed E-state index contributed by atoms with van der Waals surface area (Å²) in [4.78, 5) is 12.6. The lowest BCUT2D eigenvalue weighted by Gasteiger charge is -2.38. The van der Waals surface area contributed by atoms with E-state index in [4.69, 9.17) is 9.16 Å². The summed E-state index contributed by atoms with van der Waals surface area (Å²) in [7, 11) is -2.03. The van der Waals surface area contributed by atoms with E-state index in [-0.39, 0.29) is 11.0 Å². The van der Waals surface area contributed by atoms with Crippen LogP contribution >= 0.6 is 11.8 Å². The Hall–Kier alpha value is -0.783. The fraction of sp³-hybridized carbons (Fsp3) is 0.632. The Labute approximate surface area is 152 Å². The largest absolute Gasteiger partial charge is 0.458 e. The van der Waals surface area contributed by atoms with Gasteiger partial charge in [-0.15, -0.1) is 11.8 Å². The fourth-order valence-corrected chi connectivity index (χ4v) is 4.41. The van der Waals surface area contributed by atoms with Crippen molar-refractivity contribution in [2.24, 2.45) is 5.92 Å². The van der Waals surface area contributed by atoms with E-state index in [1.54, 1.807) is 11.8 Å². The number of benzene rings is 1. The molecule has 0 aliphatic carbocycles. The molecule has 0 radical (unpaired) electrons. The van der Waals surface area contributed by atoms with Gasteiger partial charge in [0.1, 0.15) is 6.61 Å². The highest BCUT2D eigenvalue weighted by atomic mass is 32.2. The molecule has 1 rings (SSSR count). The van der Waals surface area contributed by atoms with Gasteiger partial charge >= 0.3 is 5.97 Å². The Morgan fingerprint density at radius 2 is 1.75 bits per heavy atom. The van der Waals surface area contributed by atoms with Crippen LogP contribution in [0.1, 0.15) is 40.2 Å². The number of thioether (sulfide) groups is 1. The van der Waals surface area contributed by atoms with E-state index >= 15 is 0 Å². The van der Waals surface area contributed by atoms with Crippen LogP contribution < -0.4 is 0 Å². The maximum atomic E-state index is 12.6. The van der Waals surface area contributed by atoms with Gasteiger partial charge in [-0.25, -0.2) is 4.79 Å². The standard InChI is InChI=1S/C19H32O3SSi/c1-15(2)14-23-18(22-24(6,7)19(3,4)5)17(20)21-13-16-11-9-8-10-12-16/h8-12,15,18H,13-14H2,1-7H3. The highest BCUT2D eigenvalue weighted by molar-refractivity contribution is 8.00. The molecule has 0 bridgehead atoms. The normalized spacial score (nSPS) is 13.8. The van der Waals surface area contributed by atoms with Gasteiger partial charge in [0.05, 0.1) is 0 Å². The predicted octanol–water partition coefficient (Wildman–Crippen LogP) is 5.47. The molecule has 0 aliphatic rings. The van der Waals surface area contributed by atoms with E-state index in [9.17, 15) is 4.79 Å². The van der Waals surface area contributed by atoms with Gasteiger partial charge < -0.3 is 9.16 Å². The second-order valence-corrected chi connectivity index (χ2v) is 13.9. The van der Waals surface area contributed by atoms with E-state index in [2.05, 4.69) is 47.7 Å². The van der Waals surface area contributed by atoms with Gasteiger partial charge in [-0.1, -0.05) is 65.0 Å². The van der Waals surface area contributed by atoms with Gasteiger partial charge in [-0.3, -0.25) is 0 Å². The highest BCUT2D eigenvalue weighted by Gasteiger charge is 2.41. The van der Waals surface area contributed by atoms with Crippen LogP contribution in [0.4, 0.5) is 0 Å². The molecule has 1 aromatic rings. The molecule has 0 heterocycles. The van der Waals surface area contributed by atoms with Crippen molar-refractivity contribution in [3.63, 3.8) is 0 Å². The van der Waals surface area contributed by atoms with Gasteiger partial charge in [0.25, 0.3) is 0 Å². The van der Waals surface area contributed by atoms with E-state index in [0.29, 0.717) is 12.5 Å². The molecule has 24 heavy (non-hydrogen) atoms. The van der Waals surface area contributed by atoms with Crippen molar-refractivity contribution in [1.29, 1.82) is 0 Å². The Kier molecular flexibility index (Phi) is 8.03. The molecule has 5 heteroatoms. The second-order valence-electron chi connectivity index (χ2n) is 8.03. The van der Waals surface area contributed by atoms with Crippen molar-refractivity contribution < 1.29 is 14.0 Å². The van der Waals surface area contributed by atoms with Crippen LogP contribution in [0.5, 0.6) is 0 Å². The van der Waals surface area contributed by atoms with Crippen LogP contribution in [0.2, 0.25) is 18.1 Å². The van der Waals surface area contributed by atoms with Gasteiger partial charge in [-0.2, -0.15) is 0 Å². The lowest BCUT2D eigenvalue weighted by Crippen LogP contribution is -2.45. The summed E-state index contributed by atoms with van der Waals surface area (Å²) in [5, 5.41) is 0.0589. The lowest BCUT2D eigenvalue weighted by atomic mass is 10.2. The summed E-state index contributed by atoms with van der Waals surface area (Å²) in [6, 6.07) is 9.75. The van der Waals surface area contributed by atoms with Crippen molar-refractivity contribution in [1.82, 2.24) is 0 Å². The lowest BCUT2D eigenvalue weighted by molar-refractivity contribution is -0.149. The molecule has 0 aromatic heterocycles. The molecular weight excluding hydrogens is 336 g/mol. The molecule has 0 saturated heterocycles. The first kappa shape index (κ1) is 21.3. The SMILES string of the molecule is CC(C)CSC(O[Si](C)(C)C(C)(C)C)C(=O)OCc1ccccc1. The molecule has 0 fully saturated rings.